The minimum absolute atomic E-state index is 1.10. The van der Waals surface area contributed by atoms with Crippen LogP contribution in [0, 0.1) is 0 Å². The molecule has 0 amide bonds. The second kappa shape index (κ2) is 5.61. The lowest BCUT2D eigenvalue weighted by Gasteiger charge is -2.01. The van der Waals surface area contributed by atoms with Gasteiger partial charge in [-0.1, -0.05) is 58.9 Å². The van der Waals surface area contributed by atoms with Gasteiger partial charge in [0, 0.05) is 4.47 Å². The molecule has 0 N–H and O–H groups in total. The molecule has 14 heavy (non-hydrogen) atoms. The van der Waals surface area contributed by atoms with E-state index in [1.54, 1.807) is 6.08 Å². The maximum Gasteiger partial charge on any atom is 0.0175 e. The van der Waals surface area contributed by atoms with Crippen LogP contribution in [-0.4, -0.2) is 0 Å². The average Bonchev–Trinajstić information content (AvgIpc) is 2.21. The van der Waals surface area contributed by atoms with Crippen LogP contribution in [0.4, 0.5) is 0 Å². The summed E-state index contributed by atoms with van der Waals surface area (Å²) in [6.07, 6.45) is 7.86. The van der Waals surface area contributed by atoms with Crippen molar-refractivity contribution in [2.24, 2.45) is 0 Å². The molecule has 0 spiro atoms. The topological polar surface area (TPSA) is 0 Å². The van der Waals surface area contributed by atoms with Gasteiger partial charge in [-0.3, -0.25) is 0 Å². The molecule has 0 aliphatic rings. The molecule has 0 radical (unpaired) electrons. The Balaban J connectivity index is 2.96. The molecule has 0 bridgehead atoms. The van der Waals surface area contributed by atoms with Gasteiger partial charge in [0.15, 0.2) is 0 Å². The third kappa shape index (κ3) is 3.00. The summed E-state index contributed by atoms with van der Waals surface area (Å²) in [6.45, 7) is 5.69. The van der Waals surface area contributed by atoms with Crippen LogP contribution in [0.3, 0.4) is 0 Å². The Morgan fingerprint density at radius 1 is 1.29 bits per heavy atom. The summed E-state index contributed by atoms with van der Waals surface area (Å²) in [6, 6.07) is 8.26. The highest BCUT2D eigenvalue weighted by Crippen LogP contribution is 2.18. The molecule has 1 aromatic carbocycles. The molecular formula is C13H13Br. The van der Waals surface area contributed by atoms with Gasteiger partial charge in [-0.25, -0.2) is 0 Å². The molecule has 0 heterocycles. The molecule has 0 saturated carbocycles. The van der Waals surface area contributed by atoms with Gasteiger partial charge in [0.1, 0.15) is 0 Å². The van der Waals surface area contributed by atoms with E-state index in [0.29, 0.717) is 0 Å². The summed E-state index contributed by atoms with van der Waals surface area (Å²) >= 11 is 3.42. The normalized spacial score (nSPS) is 12.0. The van der Waals surface area contributed by atoms with Crippen molar-refractivity contribution >= 4 is 21.5 Å². The predicted octanol–water partition coefficient (Wildman–Crippen LogP) is 4.59. The summed E-state index contributed by atoms with van der Waals surface area (Å²) in [7, 11) is 0. The lowest BCUT2D eigenvalue weighted by atomic mass is 10.1. The van der Waals surface area contributed by atoms with Gasteiger partial charge in [0.2, 0.25) is 0 Å². The monoisotopic (exact) mass is 248 g/mol. The Morgan fingerprint density at radius 2 is 1.93 bits per heavy atom. The van der Waals surface area contributed by atoms with Crippen molar-refractivity contribution < 1.29 is 0 Å². The Morgan fingerprint density at radius 3 is 2.43 bits per heavy atom. The van der Waals surface area contributed by atoms with Gasteiger partial charge in [-0.05, 0) is 30.2 Å². The fraction of sp³-hybridized carbons (Fsp3) is 0.0769. The standard InChI is InChI=1S/C13H13Br/c1-3-5-6-11(4-2)12-7-9-13(14)10-8-12/h3-10H,1H2,2H3/b6-5-,11-4+. The lowest BCUT2D eigenvalue weighted by molar-refractivity contribution is 1.57. The molecule has 0 saturated heterocycles. The Labute approximate surface area is 93.8 Å². The molecule has 1 aromatic rings. The van der Waals surface area contributed by atoms with Crippen LogP contribution in [0.2, 0.25) is 0 Å². The first-order valence-corrected chi connectivity index (χ1v) is 5.28. The zero-order valence-corrected chi connectivity index (χ0v) is 9.79. The highest BCUT2D eigenvalue weighted by Gasteiger charge is 1.95. The summed E-state index contributed by atoms with van der Waals surface area (Å²) in [4.78, 5) is 0. The molecule has 0 aromatic heterocycles. The van der Waals surface area contributed by atoms with Gasteiger partial charge < -0.3 is 0 Å². The number of hydrogen-bond donors (Lipinski definition) is 0. The largest absolute Gasteiger partial charge is 0.0991 e. The molecule has 0 fully saturated rings. The highest BCUT2D eigenvalue weighted by atomic mass is 79.9. The lowest BCUT2D eigenvalue weighted by Crippen LogP contribution is -1.79. The summed E-state index contributed by atoms with van der Waals surface area (Å²) in [5, 5.41) is 0. The molecule has 1 rings (SSSR count). The molecule has 0 aliphatic carbocycles. The zero-order valence-electron chi connectivity index (χ0n) is 8.20. The van der Waals surface area contributed by atoms with E-state index in [1.165, 1.54) is 11.1 Å². The Bertz CT molecular complexity index is 355. The molecule has 0 aliphatic heterocycles. The van der Waals surface area contributed by atoms with Crippen LogP contribution in [0.1, 0.15) is 12.5 Å². The minimum atomic E-state index is 1.10. The van der Waals surface area contributed by atoms with Crippen LogP contribution < -0.4 is 0 Å². The van der Waals surface area contributed by atoms with E-state index < -0.39 is 0 Å². The third-order valence-electron chi connectivity index (χ3n) is 1.90. The summed E-state index contributed by atoms with van der Waals surface area (Å²) < 4.78 is 1.10. The first-order valence-electron chi connectivity index (χ1n) is 4.49. The second-order valence-corrected chi connectivity index (χ2v) is 3.76. The quantitative estimate of drug-likeness (QED) is 0.687. The van der Waals surface area contributed by atoms with Crippen molar-refractivity contribution in [3.63, 3.8) is 0 Å². The second-order valence-electron chi connectivity index (χ2n) is 2.85. The van der Waals surface area contributed by atoms with Crippen molar-refractivity contribution in [3.8, 4) is 0 Å². The number of halogens is 1. The van der Waals surface area contributed by atoms with Gasteiger partial charge in [0.05, 0.1) is 0 Å². The molecule has 0 unspecified atom stereocenters. The minimum Gasteiger partial charge on any atom is -0.0991 e. The van der Waals surface area contributed by atoms with E-state index in [1.807, 2.05) is 25.1 Å². The van der Waals surface area contributed by atoms with E-state index in [-0.39, 0.29) is 0 Å². The number of benzene rings is 1. The van der Waals surface area contributed by atoms with E-state index >= 15 is 0 Å². The van der Waals surface area contributed by atoms with Gasteiger partial charge >= 0.3 is 0 Å². The van der Waals surface area contributed by atoms with E-state index in [0.717, 1.165) is 4.47 Å². The summed E-state index contributed by atoms with van der Waals surface area (Å²) in [5.41, 5.74) is 2.42. The Hall–Kier alpha value is -1.08. The fourth-order valence-corrected chi connectivity index (χ4v) is 1.44. The molecule has 0 nitrogen and oxygen atoms in total. The zero-order chi connectivity index (χ0) is 10.4. The van der Waals surface area contributed by atoms with Crippen molar-refractivity contribution in [1.29, 1.82) is 0 Å². The van der Waals surface area contributed by atoms with Crippen LogP contribution in [0.5, 0.6) is 0 Å². The van der Waals surface area contributed by atoms with Crippen LogP contribution in [-0.2, 0) is 0 Å². The predicted molar refractivity (Wildman–Crippen MR) is 67.1 cm³/mol. The first kappa shape index (κ1) is 11.0. The van der Waals surface area contributed by atoms with Crippen molar-refractivity contribution in [2.45, 2.75) is 6.92 Å². The average molecular weight is 249 g/mol. The van der Waals surface area contributed by atoms with Crippen LogP contribution in [0.15, 0.2) is 59.6 Å². The van der Waals surface area contributed by atoms with Crippen molar-refractivity contribution in [2.75, 3.05) is 0 Å². The highest BCUT2D eigenvalue weighted by molar-refractivity contribution is 9.10. The first-order chi connectivity index (χ1) is 6.77. The molecular weight excluding hydrogens is 236 g/mol. The Kier molecular flexibility index (Phi) is 4.41. The number of hydrogen-bond acceptors (Lipinski definition) is 0. The van der Waals surface area contributed by atoms with E-state index in [2.05, 4.69) is 46.8 Å². The maximum absolute atomic E-state index is 3.65. The van der Waals surface area contributed by atoms with Crippen molar-refractivity contribution in [1.82, 2.24) is 0 Å². The van der Waals surface area contributed by atoms with Gasteiger partial charge in [-0.15, -0.1) is 0 Å². The van der Waals surface area contributed by atoms with Gasteiger partial charge in [-0.2, -0.15) is 0 Å². The maximum atomic E-state index is 3.65. The summed E-state index contributed by atoms with van der Waals surface area (Å²) in [5.74, 6) is 0. The van der Waals surface area contributed by atoms with Gasteiger partial charge in [0.25, 0.3) is 0 Å². The number of allylic oxidation sites excluding steroid dienone is 5. The van der Waals surface area contributed by atoms with Crippen molar-refractivity contribution in [3.05, 3.63) is 65.2 Å². The van der Waals surface area contributed by atoms with E-state index in [9.17, 15) is 0 Å². The van der Waals surface area contributed by atoms with E-state index in [4.69, 9.17) is 0 Å². The van der Waals surface area contributed by atoms with Crippen LogP contribution in [0.25, 0.3) is 5.57 Å². The van der Waals surface area contributed by atoms with Crippen LogP contribution >= 0.6 is 15.9 Å². The third-order valence-corrected chi connectivity index (χ3v) is 2.43. The SMILES string of the molecule is C=C/C=C\C(=C/C)c1ccc(Br)cc1. The molecule has 0 atom stereocenters. The fourth-order valence-electron chi connectivity index (χ4n) is 1.17. The smallest absolute Gasteiger partial charge is 0.0175 e. The number of rotatable bonds is 3. The molecule has 1 heteroatoms. The molecule has 72 valence electrons.